The van der Waals surface area contributed by atoms with E-state index in [0.29, 0.717) is 10.2 Å². The molecule has 0 spiro atoms. The van der Waals surface area contributed by atoms with E-state index in [-0.39, 0.29) is 11.4 Å². The molecule has 0 radical (unpaired) electrons. The Labute approximate surface area is 159 Å². The predicted octanol–water partition coefficient (Wildman–Crippen LogP) is 4.37. The normalized spacial score (nSPS) is 12.5. The first-order valence-electron chi connectivity index (χ1n) is 8.01. The molecule has 0 saturated heterocycles. The molecule has 2 heterocycles. The lowest BCUT2D eigenvalue weighted by Crippen LogP contribution is -2.18. The molecule has 1 N–H and O–H groups in total. The number of benzene rings is 1. The van der Waals surface area contributed by atoms with Gasteiger partial charge in [-0.2, -0.15) is 36.5 Å². The van der Waals surface area contributed by atoms with E-state index >= 15 is 0 Å². The Morgan fingerprint density at radius 3 is 2.38 bits per heavy atom. The number of anilines is 1. The first kappa shape index (κ1) is 20.3. The summed E-state index contributed by atoms with van der Waals surface area (Å²) in [5.41, 5.74) is 1.62. The highest BCUT2D eigenvalue weighted by atomic mass is 19.4. The van der Waals surface area contributed by atoms with Crippen LogP contribution in [0.3, 0.4) is 0 Å². The Balaban J connectivity index is 1.81. The highest BCUT2D eigenvalue weighted by Crippen LogP contribution is 2.31. The minimum absolute atomic E-state index is 0.0279. The van der Waals surface area contributed by atoms with E-state index in [1.165, 1.54) is 6.07 Å². The van der Waals surface area contributed by atoms with Crippen LogP contribution in [0.5, 0.6) is 0 Å². The van der Waals surface area contributed by atoms with Crippen LogP contribution in [0.15, 0.2) is 53.8 Å². The van der Waals surface area contributed by atoms with E-state index in [4.69, 9.17) is 0 Å². The number of nitrogens with one attached hydrogen (secondary N) is 1. The molecule has 0 fully saturated rings. The van der Waals surface area contributed by atoms with Crippen LogP contribution in [0.2, 0.25) is 0 Å². The lowest BCUT2D eigenvalue weighted by Gasteiger charge is -2.10. The number of nitrogens with zero attached hydrogens (tertiary/aromatic N) is 5. The molecule has 3 aromatic rings. The summed E-state index contributed by atoms with van der Waals surface area (Å²) in [5, 5.41) is 7.29. The van der Waals surface area contributed by atoms with Gasteiger partial charge in [0.1, 0.15) is 12.2 Å². The van der Waals surface area contributed by atoms with Gasteiger partial charge in [0, 0.05) is 11.8 Å². The summed E-state index contributed by atoms with van der Waals surface area (Å²) in [4.78, 5) is 7.37. The third-order valence-corrected chi connectivity index (χ3v) is 3.45. The average molecular weight is 414 g/mol. The van der Waals surface area contributed by atoms with E-state index < -0.39 is 30.5 Å². The molecule has 0 saturated carbocycles. The third-order valence-electron chi connectivity index (χ3n) is 3.45. The van der Waals surface area contributed by atoms with E-state index in [0.717, 1.165) is 18.5 Å². The van der Waals surface area contributed by atoms with Gasteiger partial charge in [-0.1, -0.05) is 30.3 Å². The molecule has 0 aliphatic heterocycles. The van der Waals surface area contributed by atoms with Crippen molar-refractivity contribution in [2.45, 2.75) is 18.9 Å². The number of hydrogen-bond donors (Lipinski definition) is 1. The van der Waals surface area contributed by atoms with Crippen molar-refractivity contribution in [3.8, 4) is 11.3 Å². The van der Waals surface area contributed by atoms with Crippen molar-refractivity contribution in [1.29, 1.82) is 0 Å². The maximum Gasteiger partial charge on any atom is 0.433 e. The first-order chi connectivity index (χ1) is 13.6. The van der Waals surface area contributed by atoms with Crippen LogP contribution >= 0.6 is 0 Å². The summed E-state index contributed by atoms with van der Waals surface area (Å²) in [5.74, 6) is -0.426. The molecular formula is C17H12F6N6. The topological polar surface area (TPSA) is 68.0 Å². The van der Waals surface area contributed by atoms with Crippen LogP contribution in [0.25, 0.3) is 11.3 Å². The molecule has 2 aromatic heterocycles. The summed E-state index contributed by atoms with van der Waals surface area (Å²) in [6, 6.07) is 10.2. The van der Waals surface area contributed by atoms with Gasteiger partial charge >= 0.3 is 12.4 Å². The summed E-state index contributed by atoms with van der Waals surface area (Å²) in [6.07, 6.45) is -7.00. The van der Waals surface area contributed by atoms with Gasteiger partial charge in [0.05, 0.1) is 11.9 Å². The minimum atomic E-state index is -4.71. The largest absolute Gasteiger partial charge is 0.433 e. The summed E-state index contributed by atoms with van der Waals surface area (Å²) >= 11 is 0. The number of hydrazone groups is 1. The van der Waals surface area contributed by atoms with Gasteiger partial charge in [-0.25, -0.2) is 15.4 Å². The average Bonchev–Trinajstić information content (AvgIpc) is 3.07. The Kier molecular flexibility index (Phi) is 5.52. The van der Waals surface area contributed by atoms with E-state index in [1.54, 1.807) is 30.3 Å². The minimum Gasteiger partial charge on any atom is -0.263 e. The second-order valence-corrected chi connectivity index (χ2v) is 5.75. The van der Waals surface area contributed by atoms with E-state index in [9.17, 15) is 26.3 Å². The molecule has 0 aliphatic rings. The standard InChI is InChI=1S/C17H12F6N6/c18-16(19,20)10-29-7-6-12(28-29)9-24-27-15-25-13(11-4-2-1-3-5-11)8-14(26-15)17(21,22)23/h1-9H,10H2,(H,25,26,27). The molecule has 0 unspecified atom stereocenters. The second kappa shape index (κ2) is 7.89. The van der Waals surface area contributed by atoms with Gasteiger partial charge in [0.15, 0.2) is 5.69 Å². The highest BCUT2D eigenvalue weighted by molar-refractivity contribution is 5.77. The van der Waals surface area contributed by atoms with E-state index in [2.05, 4.69) is 25.6 Å². The second-order valence-electron chi connectivity index (χ2n) is 5.75. The highest BCUT2D eigenvalue weighted by Gasteiger charge is 2.34. The first-order valence-corrected chi connectivity index (χ1v) is 8.01. The molecule has 12 heteroatoms. The van der Waals surface area contributed by atoms with Crippen molar-refractivity contribution in [3.63, 3.8) is 0 Å². The molecule has 29 heavy (non-hydrogen) atoms. The van der Waals surface area contributed by atoms with Crippen LogP contribution < -0.4 is 5.43 Å². The van der Waals surface area contributed by atoms with Gasteiger partial charge in [-0.05, 0) is 12.1 Å². The predicted molar refractivity (Wildman–Crippen MR) is 92.0 cm³/mol. The maximum atomic E-state index is 13.1. The monoisotopic (exact) mass is 414 g/mol. The zero-order chi connectivity index (χ0) is 21.1. The lowest BCUT2D eigenvalue weighted by molar-refractivity contribution is -0.143. The van der Waals surface area contributed by atoms with Crippen molar-refractivity contribution in [2.24, 2.45) is 5.10 Å². The smallest absolute Gasteiger partial charge is 0.263 e. The lowest BCUT2D eigenvalue weighted by atomic mass is 10.1. The summed E-state index contributed by atoms with van der Waals surface area (Å²) in [6.45, 7) is -1.27. The molecule has 152 valence electrons. The van der Waals surface area contributed by atoms with Gasteiger partial charge in [0.2, 0.25) is 5.95 Å². The van der Waals surface area contributed by atoms with Crippen LogP contribution in [0.4, 0.5) is 32.3 Å². The van der Waals surface area contributed by atoms with Crippen molar-refractivity contribution < 1.29 is 26.3 Å². The van der Waals surface area contributed by atoms with Gasteiger partial charge in [-0.15, -0.1) is 0 Å². The summed E-state index contributed by atoms with van der Waals surface area (Å²) < 4.78 is 77.0. The Hall–Kier alpha value is -3.44. The molecule has 1 aromatic carbocycles. The zero-order valence-electron chi connectivity index (χ0n) is 14.4. The zero-order valence-corrected chi connectivity index (χ0v) is 14.4. The summed E-state index contributed by atoms with van der Waals surface area (Å²) in [7, 11) is 0. The Morgan fingerprint density at radius 2 is 1.72 bits per heavy atom. The van der Waals surface area contributed by atoms with Crippen molar-refractivity contribution >= 4 is 12.2 Å². The Morgan fingerprint density at radius 1 is 1.00 bits per heavy atom. The van der Waals surface area contributed by atoms with Crippen LogP contribution in [0.1, 0.15) is 11.4 Å². The maximum absolute atomic E-state index is 13.1. The fourth-order valence-corrected chi connectivity index (χ4v) is 2.27. The van der Waals surface area contributed by atoms with Crippen LogP contribution in [-0.2, 0) is 12.7 Å². The molecule has 0 atom stereocenters. The molecule has 3 rings (SSSR count). The van der Waals surface area contributed by atoms with Gasteiger partial charge < -0.3 is 0 Å². The number of rotatable bonds is 5. The van der Waals surface area contributed by atoms with Crippen molar-refractivity contribution in [2.75, 3.05) is 5.43 Å². The third kappa shape index (κ3) is 5.77. The van der Waals surface area contributed by atoms with Crippen LogP contribution in [0, 0.1) is 0 Å². The molecule has 0 aliphatic carbocycles. The van der Waals surface area contributed by atoms with Crippen molar-refractivity contribution in [3.05, 3.63) is 60.0 Å². The quantitative estimate of drug-likeness (QED) is 0.383. The number of alkyl halides is 6. The molecule has 6 nitrogen and oxygen atoms in total. The van der Waals surface area contributed by atoms with Gasteiger partial charge in [-0.3, -0.25) is 4.68 Å². The van der Waals surface area contributed by atoms with Gasteiger partial charge in [0.25, 0.3) is 0 Å². The van der Waals surface area contributed by atoms with Crippen molar-refractivity contribution in [1.82, 2.24) is 19.7 Å². The molecular weight excluding hydrogens is 402 g/mol. The molecule has 0 bridgehead atoms. The number of hydrogen-bond acceptors (Lipinski definition) is 5. The number of aromatic nitrogens is 4. The van der Waals surface area contributed by atoms with Crippen LogP contribution in [-0.4, -0.2) is 32.1 Å². The fraction of sp³-hybridized carbons (Fsp3) is 0.176. The Bertz CT molecular complexity index is 994. The fourth-order valence-electron chi connectivity index (χ4n) is 2.27. The van der Waals surface area contributed by atoms with E-state index in [1.807, 2.05) is 0 Å². The molecule has 0 amide bonds. The number of halogens is 6. The SMILES string of the molecule is FC(F)(F)Cn1ccc(C=NNc2nc(-c3ccccc3)cc(C(F)(F)F)n2)n1.